The maximum absolute atomic E-state index is 14.1. The van der Waals surface area contributed by atoms with Gasteiger partial charge in [0.05, 0.1) is 22.5 Å². The number of nitrogens with zero attached hydrogens (tertiary/aromatic N) is 3. The number of hydrogen-bond acceptors (Lipinski definition) is 6. The van der Waals surface area contributed by atoms with E-state index in [0.717, 1.165) is 17.7 Å². The van der Waals surface area contributed by atoms with Gasteiger partial charge in [0, 0.05) is 12.7 Å². The van der Waals surface area contributed by atoms with Crippen molar-refractivity contribution in [2.24, 2.45) is 0 Å². The summed E-state index contributed by atoms with van der Waals surface area (Å²) in [4.78, 5) is 34.5. The Balaban J connectivity index is 1.46. The second-order valence-electron chi connectivity index (χ2n) is 9.70. The van der Waals surface area contributed by atoms with Gasteiger partial charge in [-0.1, -0.05) is 43.3 Å². The number of aryl methyl sites for hydroxylation is 2. The number of carbonyl (C=O) groups is 2. The van der Waals surface area contributed by atoms with E-state index in [-0.39, 0.29) is 35.9 Å². The number of ether oxygens (including phenoxy) is 2. The first-order valence-corrected chi connectivity index (χ1v) is 12.8. The van der Waals surface area contributed by atoms with E-state index in [9.17, 15) is 18.4 Å². The van der Waals surface area contributed by atoms with Crippen LogP contribution in [0.1, 0.15) is 53.3 Å². The number of aromatic nitrogens is 3. The van der Waals surface area contributed by atoms with Crippen molar-refractivity contribution in [2.45, 2.75) is 52.9 Å². The van der Waals surface area contributed by atoms with Gasteiger partial charge in [-0.2, -0.15) is 0 Å². The number of nitrogens with one attached hydrogen (secondary N) is 2. The Kier molecular flexibility index (Phi) is 8.61. The van der Waals surface area contributed by atoms with Crippen LogP contribution in [0.15, 0.2) is 54.7 Å². The van der Waals surface area contributed by atoms with E-state index in [1.54, 1.807) is 27.0 Å². The van der Waals surface area contributed by atoms with E-state index in [0.29, 0.717) is 17.8 Å². The Hall–Kier alpha value is -4.54. The molecule has 0 fully saturated rings. The van der Waals surface area contributed by atoms with E-state index in [4.69, 9.17) is 9.47 Å². The SMILES string of the molecule is CCC(C)(CNC(=O)c1c(C)nc2c(OCc3c(F)cccc3F)nc(C)cn12)NC(=O)OCc1ccccc1. The molecule has 0 aliphatic rings. The predicted molar refractivity (Wildman–Crippen MR) is 144 cm³/mol. The molecule has 11 heteroatoms. The molecule has 2 heterocycles. The van der Waals surface area contributed by atoms with Crippen LogP contribution >= 0.6 is 0 Å². The number of benzene rings is 2. The lowest BCUT2D eigenvalue weighted by Gasteiger charge is -2.29. The molecular weight excluding hydrogens is 520 g/mol. The van der Waals surface area contributed by atoms with Gasteiger partial charge in [-0.15, -0.1) is 0 Å². The fourth-order valence-corrected chi connectivity index (χ4v) is 4.05. The summed E-state index contributed by atoms with van der Waals surface area (Å²) in [6.07, 6.45) is 1.55. The summed E-state index contributed by atoms with van der Waals surface area (Å²) in [5.41, 5.74) is 1.22. The van der Waals surface area contributed by atoms with Crippen LogP contribution in [0.2, 0.25) is 0 Å². The maximum Gasteiger partial charge on any atom is 0.407 e. The number of fused-ring (bicyclic) bond motifs is 1. The first kappa shape index (κ1) is 28.5. The molecule has 0 aliphatic carbocycles. The lowest BCUT2D eigenvalue weighted by atomic mass is 9.99. The molecule has 9 nitrogen and oxygen atoms in total. The van der Waals surface area contributed by atoms with Crippen LogP contribution in [0.25, 0.3) is 5.65 Å². The van der Waals surface area contributed by atoms with Gasteiger partial charge >= 0.3 is 6.09 Å². The summed E-state index contributed by atoms with van der Waals surface area (Å²) < 4.78 is 40.7. The summed E-state index contributed by atoms with van der Waals surface area (Å²) in [5, 5.41) is 5.71. The smallest absolute Gasteiger partial charge is 0.407 e. The van der Waals surface area contributed by atoms with Crippen molar-refractivity contribution in [1.29, 1.82) is 0 Å². The first-order valence-electron chi connectivity index (χ1n) is 12.8. The fourth-order valence-electron chi connectivity index (χ4n) is 4.05. The molecule has 4 rings (SSSR count). The molecular formula is C29H31F2N5O4. The van der Waals surface area contributed by atoms with Gasteiger partial charge in [0.1, 0.15) is 30.5 Å². The van der Waals surface area contributed by atoms with Gasteiger partial charge in [0.25, 0.3) is 11.8 Å². The Morgan fingerprint density at radius 1 is 1.00 bits per heavy atom. The third kappa shape index (κ3) is 6.53. The van der Waals surface area contributed by atoms with Crippen molar-refractivity contribution < 1.29 is 27.8 Å². The number of amides is 2. The van der Waals surface area contributed by atoms with Crippen LogP contribution in [-0.4, -0.2) is 38.5 Å². The van der Waals surface area contributed by atoms with Crippen LogP contribution < -0.4 is 15.4 Å². The molecule has 40 heavy (non-hydrogen) atoms. The number of halogens is 2. The highest BCUT2D eigenvalue weighted by Gasteiger charge is 2.28. The van der Waals surface area contributed by atoms with Crippen molar-refractivity contribution in [3.63, 3.8) is 0 Å². The van der Waals surface area contributed by atoms with Gasteiger partial charge in [-0.3, -0.25) is 9.20 Å². The molecule has 2 amide bonds. The first-order chi connectivity index (χ1) is 19.1. The van der Waals surface area contributed by atoms with Gasteiger partial charge in [-0.05, 0) is 44.9 Å². The van der Waals surface area contributed by atoms with E-state index in [1.807, 2.05) is 37.3 Å². The molecule has 0 bridgehead atoms. The predicted octanol–water partition coefficient (Wildman–Crippen LogP) is 5.03. The standard InChI is InChI=1S/C29H31F2N5O4/c1-5-29(4,35-28(38)40-15-20-10-7-6-8-11-20)17-32-26(37)24-19(3)34-25-27(33-18(2)14-36(24)25)39-16-21-22(30)12-9-13-23(21)31/h6-14H,5,15-17H2,1-4H3,(H,32,37)(H,35,38). The topological polar surface area (TPSA) is 107 Å². The zero-order chi connectivity index (χ0) is 28.9. The second kappa shape index (κ2) is 12.1. The molecule has 0 saturated carbocycles. The van der Waals surface area contributed by atoms with Gasteiger partial charge in [-0.25, -0.2) is 23.5 Å². The minimum Gasteiger partial charge on any atom is -0.470 e. The molecule has 0 spiro atoms. The Morgan fingerprint density at radius 3 is 2.38 bits per heavy atom. The van der Waals surface area contributed by atoms with Crippen molar-refractivity contribution in [1.82, 2.24) is 25.0 Å². The van der Waals surface area contributed by atoms with Gasteiger partial charge in [0.2, 0.25) is 5.65 Å². The van der Waals surface area contributed by atoms with Crippen LogP contribution in [0, 0.1) is 25.5 Å². The van der Waals surface area contributed by atoms with Crippen molar-refractivity contribution in [3.8, 4) is 5.88 Å². The van der Waals surface area contributed by atoms with Gasteiger partial charge in [0.15, 0.2) is 0 Å². The van der Waals surface area contributed by atoms with Gasteiger partial charge < -0.3 is 20.1 Å². The normalized spacial score (nSPS) is 12.6. The molecule has 0 saturated heterocycles. The molecule has 4 aromatic rings. The highest BCUT2D eigenvalue weighted by Crippen LogP contribution is 2.23. The van der Waals surface area contributed by atoms with Crippen LogP contribution in [0.4, 0.5) is 13.6 Å². The molecule has 0 aliphatic heterocycles. The van der Waals surface area contributed by atoms with E-state index >= 15 is 0 Å². The van der Waals surface area contributed by atoms with Crippen LogP contribution in [0.3, 0.4) is 0 Å². The summed E-state index contributed by atoms with van der Waals surface area (Å²) >= 11 is 0. The lowest BCUT2D eigenvalue weighted by Crippen LogP contribution is -2.53. The van der Waals surface area contributed by atoms with Crippen molar-refractivity contribution in [2.75, 3.05) is 6.54 Å². The maximum atomic E-state index is 14.1. The average Bonchev–Trinajstić information content (AvgIpc) is 3.26. The number of alkyl carbamates (subject to hydrolysis) is 1. The quantitative estimate of drug-likeness (QED) is 0.286. The monoisotopic (exact) mass is 551 g/mol. The zero-order valence-corrected chi connectivity index (χ0v) is 22.8. The van der Waals surface area contributed by atoms with E-state index in [2.05, 4.69) is 20.6 Å². The molecule has 2 aromatic carbocycles. The van der Waals surface area contributed by atoms with E-state index < -0.39 is 35.8 Å². The average molecular weight is 552 g/mol. The van der Waals surface area contributed by atoms with Crippen molar-refractivity contribution in [3.05, 3.63) is 94.6 Å². The zero-order valence-electron chi connectivity index (χ0n) is 22.8. The molecule has 1 unspecified atom stereocenters. The lowest BCUT2D eigenvalue weighted by molar-refractivity contribution is 0.0923. The largest absolute Gasteiger partial charge is 0.470 e. The fraction of sp³-hybridized carbons (Fsp3) is 0.310. The Morgan fingerprint density at radius 2 is 1.70 bits per heavy atom. The summed E-state index contributed by atoms with van der Waals surface area (Å²) in [6, 6.07) is 12.9. The number of carbonyl (C=O) groups excluding carboxylic acids is 2. The van der Waals surface area contributed by atoms with Crippen LogP contribution in [0.5, 0.6) is 5.88 Å². The molecule has 1 atom stereocenters. The molecule has 2 N–H and O–H groups in total. The van der Waals surface area contributed by atoms with Crippen LogP contribution in [-0.2, 0) is 18.0 Å². The number of imidazole rings is 1. The Labute approximate surface area is 230 Å². The summed E-state index contributed by atoms with van der Waals surface area (Å²) in [7, 11) is 0. The summed E-state index contributed by atoms with van der Waals surface area (Å²) in [6.45, 7) is 6.90. The second-order valence-corrected chi connectivity index (χ2v) is 9.70. The molecule has 2 aromatic heterocycles. The number of hydrogen-bond donors (Lipinski definition) is 2. The number of rotatable bonds is 10. The summed E-state index contributed by atoms with van der Waals surface area (Å²) in [5.74, 6) is -1.87. The van der Waals surface area contributed by atoms with Crippen molar-refractivity contribution >= 4 is 17.6 Å². The highest BCUT2D eigenvalue weighted by molar-refractivity contribution is 5.95. The third-order valence-electron chi connectivity index (χ3n) is 6.54. The molecule has 0 radical (unpaired) electrons. The third-order valence-corrected chi connectivity index (χ3v) is 6.54. The van der Waals surface area contributed by atoms with E-state index in [1.165, 1.54) is 10.5 Å². The minimum atomic E-state index is -0.784. The minimum absolute atomic E-state index is 0.0334. The molecule has 210 valence electrons. The highest BCUT2D eigenvalue weighted by atomic mass is 19.1. The Bertz CT molecular complexity index is 1510.